The van der Waals surface area contributed by atoms with Gasteiger partial charge in [0.2, 0.25) is 5.91 Å². The number of amides is 2. The molecule has 2 amide bonds. The Bertz CT molecular complexity index is 1090. The molecule has 0 radical (unpaired) electrons. The molecule has 8 heteroatoms. The Kier molecular flexibility index (Phi) is 6.80. The maximum atomic E-state index is 13.0. The van der Waals surface area contributed by atoms with Crippen molar-refractivity contribution in [2.45, 2.75) is 19.8 Å². The summed E-state index contributed by atoms with van der Waals surface area (Å²) in [7, 11) is 0. The van der Waals surface area contributed by atoms with Crippen LogP contribution in [0.3, 0.4) is 0 Å². The minimum atomic E-state index is -0.390. The van der Waals surface area contributed by atoms with Gasteiger partial charge in [0, 0.05) is 49.2 Å². The Hall–Kier alpha value is -3.26. The molecule has 1 saturated heterocycles. The number of carbonyl (C=O) groups excluding carboxylic acids is 2. The van der Waals surface area contributed by atoms with Crippen LogP contribution in [0.1, 0.15) is 28.0 Å². The summed E-state index contributed by atoms with van der Waals surface area (Å²) in [6, 6.07) is 13.8. The number of benzene rings is 2. The van der Waals surface area contributed by atoms with Crippen molar-refractivity contribution < 1.29 is 14.0 Å². The number of rotatable bonds is 6. The van der Waals surface area contributed by atoms with Gasteiger partial charge >= 0.3 is 0 Å². The van der Waals surface area contributed by atoms with E-state index >= 15 is 0 Å². The van der Waals surface area contributed by atoms with Gasteiger partial charge in [0.15, 0.2) is 5.13 Å². The molecule has 1 aliphatic rings. The lowest BCUT2D eigenvalue weighted by molar-refractivity contribution is -0.131. The SMILES string of the molecule is Cc1cccc(N2CCN(C(=O)CCc3csc(NC(=O)c4ccc(F)cc4)n3)CC2)c1. The molecule has 166 valence electrons. The number of hydrogen-bond acceptors (Lipinski definition) is 5. The van der Waals surface area contributed by atoms with E-state index < -0.39 is 0 Å². The zero-order valence-corrected chi connectivity index (χ0v) is 18.7. The van der Waals surface area contributed by atoms with E-state index in [1.807, 2.05) is 10.3 Å². The Labute approximate surface area is 190 Å². The second-order valence-electron chi connectivity index (χ2n) is 7.81. The van der Waals surface area contributed by atoms with Crippen LogP contribution in [-0.2, 0) is 11.2 Å². The summed E-state index contributed by atoms with van der Waals surface area (Å²) in [6.07, 6.45) is 0.916. The summed E-state index contributed by atoms with van der Waals surface area (Å²) in [5.41, 5.74) is 3.58. The topological polar surface area (TPSA) is 65.5 Å². The maximum absolute atomic E-state index is 13.0. The van der Waals surface area contributed by atoms with Crippen LogP contribution >= 0.6 is 11.3 Å². The summed E-state index contributed by atoms with van der Waals surface area (Å²) >= 11 is 1.31. The molecular weight excluding hydrogens is 427 g/mol. The second kappa shape index (κ2) is 9.91. The summed E-state index contributed by atoms with van der Waals surface area (Å²) in [5.74, 6) is -0.605. The van der Waals surface area contributed by atoms with Crippen LogP contribution in [0.5, 0.6) is 0 Å². The lowest BCUT2D eigenvalue weighted by Crippen LogP contribution is -2.48. The van der Waals surface area contributed by atoms with Crippen molar-refractivity contribution in [1.82, 2.24) is 9.88 Å². The van der Waals surface area contributed by atoms with Crippen molar-refractivity contribution >= 4 is 34.0 Å². The summed E-state index contributed by atoms with van der Waals surface area (Å²) in [4.78, 5) is 33.5. The van der Waals surface area contributed by atoms with Crippen LogP contribution in [-0.4, -0.2) is 47.9 Å². The number of thiazole rings is 1. The zero-order chi connectivity index (χ0) is 22.5. The molecule has 0 unspecified atom stereocenters. The van der Waals surface area contributed by atoms with E-state index in [0.717, 1.165) is 18.8 Å². The van der Waals surface area contributed by atoms with Gasteiger partial charge in [0.1, 0.15) is 5.82 Å². The highest BCUT2D eigenvalue weighted by atomic mass is 32.1. The Balaban J connectivity index is 1.24. The molecule has 1 aliphatic heterocycles. The van der Waals surface area contributed by atoms with Crippen molar-refractivity contribution in [2.75, 3.05) is 36.4 Å². The van der Waals surface area contributed by atoms with Crippen LogP contribution in [0.4, 0.5) is 15.2 Å². The molecule has 1 fully saturated rings. The number of halogens is 1. The van der Waals surface area contributed by atoms with Gasteiger partial charge in [-0.2, -0.15) is 0 Å². The molecule has 0 saturated carbocycles. The average Bonchev–Trinajstić information content (AvgIpc) is 3.25. The number of hydrogen-bond donors (Lipinski definition) is 1. The first-order valence-corrected chi connectivity index (χ1v) is 11.5. The Morgan fingerprint density at radius 2 is 1.84 bits per heavy atom. The number of aryl methyl sites for hydroxylation is 2. The number of anilines is 2. The molecule has 0 spiro atoms. The lowest BCUT2D eigenvalue weighted by atomic mass is 10.1. The van der Waals surface area contributed by atoms with E-state index in [2.05, 4.69) is 46.4 Å². The van der Waals surface area contributed by atoms with Gasteiger partial charge in [0.05, 0.1) is 5.69 Å². The summed E-state index contributed by atoms with van der Waals surface area (Å²) < 4.78 is 13.0. The zero-order valence-electron chi connectivity index (χ0n) is 17.9. The van der Waals surface area contributed by atoms with E-state index in [1.165, 1.54) is 46.9 Å². The average molecular weight is 453 g/mol. The van der Waals surface area contributed by atoms with Crippen LogP contribution in [0, 0.1) is 12.7 Å². The molecular formula is C24H25FN4O2S. The summed E-state index contributed by atoms with van der Waals surface area (Å²) in [6.45, 7) is 5.16. The molecule has 2 aromatic carbocycles. The van der Waals surface area contributed by atoms with Crippen LogP contribution < -0.4 is 10.2 Å². The fraction of sp³-hybridized carbons (Fsp3) is 0.292. The largest absolute Gasteiger partial charge is 0.368 e. The van der Waals surface area contributed by atoms with E-state index in [-0.39, 0.29) is 17.6 Å². The Morgan fingerprint density at radius 1 is 1.09 bits per heavy atom. The molecule has 32 heavy (non-hydrogen) atoms. The van der Waals surface area contributed by atoms with E-state index in [9.17, 15) is 14.0 Å². The minimum Gasteiger partial charge on any atom is -0.368 e. The third kappa shape index (κ3) is 5.50. The first-order valence-electron chi connectivity index (χ1n) is 10.6. The van der Waals surface area contributed by atoms with Crippen LogP contribution in [0.2, 0.25) is 0 Å². The maximum Gasteiger partial charge on any atom is 0.257 e. The molecule has 1 N–H and O–H groups in total. The minimum absolute atomic E-state index is 0.124. The first-order chi connectivity index (χ1) is 15.5. The highest BCUT2D eigenvalue weighted by molar-refractivity contribution is 7.14. The first kappa shape index (κ1) is 22.0. The normalized spacial score (nSPS) is 13.8. The van der Waals surface area contributed by atoms with Crippen LogP contribution in [0.15, 0.2) is 53.9 Å². The summed E-state index contributed by atoms with van der Waals surface area (Å²) in [5, 5.41) is 5.04. The Morgan fingerprint density at radius 3 is 2.56 bits per heavy atom. The van der Waals surface area contributed by atoms with E-state index in [4.69, 9.17) is 0 Å². The van der Waals surface area contributed by atoms with Crippen molar-refractivity contribution in [2.24, 2.45) is 0 Å². The van der Waals surface area contributed by atoms with Gasteiger partial charge in [-0.25, -0.2) is 9.37 Å². The third-order valence-electron chi connectivity index (χ3n) is 5.47. The van der Waals surface area contributed by atoms with Gasteiger partial charge in [-0.05, 0) is 55.3 Å². The predicted molar refractivity (Wildman–Crippen MR) is 125 cm³/mol. The lowest BCUT2D eigenvalue weighted by Gasteiger charge is -2.36. The van der Waals surface area contributed by atoms with Crippen LogP contribution in [0.25, 0.3) is 0 Å². The molecule has 0 bridgehead atoms. The molecule has 0 aliphatic carbocycles. The molecule has 4 rings (SSSR count). The standard InChI is InChI=1S/C24H25FN4O2S/c1-17-3-2-4-21(15-17)28-11-13-29(14-12-28)22(30)10-9-20-16-32-24(26-20)27-23(31)18-5-7-19(25)8-6-18/h2-8,15-16H,9-14H2,1H3,(H,26,27,31). The number of nitrogens with zero attached hydrogens (tertiary/aromatic N) is 3. The molecule has 0 atom stereocenters. The molecule has 3 aromatic rings. The van der Waals surface area contributed by atoms with E-state index in [1.54, 1.807) is 0 Å². The number of carbonyl (C=O) groups is 2. The number of piperazine rings is 1. The van der Waals surface area contributed by atoms with Crippen molar-refractivity contribution in [1.29, 1.82) is 0 Å². The van der Waals surface area contributed by atoms with Crippen molar-refractivity contribution in [3.63, 3.8) is 0 Å². The molecule has 1 aromatic heterocycles. The van der Waals surface area contributed by atoms with Gasteiger partial charge in [-0.3, -0.25) is 14.9 Å². The second-order valence-corrected chi connectivity index (χ2v) is 8.67. The third-order valence-corrected chi connectivity index (χ3v) is 6.28. The van der Waals surface area contributed by atoms with Gasteiger partial charge < -0.3 is 9.80 Å². The smallest absolute Gasteiger partial charge is 0.257 e. The van der Waals surface area contributed by atoms with E-state index in [0.29, 0.717) is 36.6 Å². The fourth-order valence-corrected chi connectivity index (χ4v) is 4.42. The monoisotopic (exact) mass is 452 g/mol. The number of aromatic nitrogens is 1. The van der Waals surface area contributed by atoms with Crippen molar-refractivity contribution in [3.8, 4) is 0 Å². The van der Waals surface area contributed by atoms with Gasteiger partial charge in [-0.15, -0.1) is 11.3 Å². The highest BCUT2D eigenvalue weighted by Crippen LogP contribution is 2.20. The molecule has 6 nitrogen and oxygen atoms in total. The van der Waals surface area contributed by atoms with Gasteiger partial charge in [0.25, 0.3) is 5.91 Å². The fourth-order valence-electron chi connectivity index (χ4n) is 3.68. The highest BCUT2D eigenvalue weighted by Gasteiger charge is 2.21. The van der Waals surface area contributed by atoms with Gasteiger partial charge in [-0.1, -0.05) is 12.1 Å². The predicted octanol–water partition coefficient (Wildman–Crippen LogP) is 4.12. The molecule has 2 heterocycles. The number of nitrogens with one attached hydrogen (secondary N) is 1. The quantitative estimate of drug-likeness (QED) is 0.611. The van der Waals surface area contributed by atoms with Crippen molar-refractivity contribution in [3.05, 3.63) is 76.5 Å².